The van der Waals surface area contributed by atoms with Gasteiger partial charge in [-0.3, -0.25) is 4.79 Å². The van der Waals surface area contributed by atoms with Crippen LogP contribution in [0.5, 0.6) is 0 Å². The number of carboxylic acid groups (broad SMARTS) is 1. The lowest BCUT2D eigenvalue weighted by Crippen LogP contribution is -2.25. The van der Waals surface area contributed by atoms with Gasteiger partial charge >= 0.3 is 5.97 Å². The van der Waals surface area contributed by atoms with Gasteiger partial charge in [0.05, 0.1) is 11.8 Å². The second-order valence-electron chi connectivity index (χ2n) is 5.30. The Morgan fingerprint density at radius 1 is 1.33 bits per heavy atom. The van der Waals surface area contributed by atoms with Gasteiger partial charge in [0.1, 0.15) is 5.82 Å². The van der Waals surface area contributed by atoms with Crippen molar-refractivity contribution in [2.75, 3.05) is 0 Å². The maximum absolute atomic E-state index is 13.2. The lowest BCUT2D eigenvalue weighted by Gasteiger charge is -2.25. The van der Waals surface area contributed by atoms with Crippen LogP contribution in [-0.2, 0) is 4.79 Å². The summed E-state index contributed by atoms with van der Waals surface area (Å²) in [6, 6.07) is 5.92. The molecule has 1 aliphatic rings. The fraction of sp³-hybridized carbons (Fsp3) is 0.400. The SMILES string of the molecule is O=C(O)C1CCCCC1c1nc(-c2cccc(F)c2)no1. The first-order chi connectivity index (χ1) is 10.1. The Kier molecular flexibility index (Phi) is 3.68. The van der Waals surface area contributed by atoms with Crippen molar-refractivity contribution in [2.45, 2.75) is 31.6 Å². The lowest BCUT2D eigenvalue weighted by atomic mass is 9.79. The summed E-state index contributed by atoms with van der Waals surface area (Å²) in [5.74, 6) is -1.32. The summed E-state index contributed by atoms with van der Waals surface area (Å²) in [5, 5.41) is 13.1. The maximum Gasteiger partial charge on any atom is 0.307 e. The summed E-state index contributed by atoms with van der Waals surface area (Å²) < 4.78 is 18.5. The fourth-order valence-electron chi connectivity index (χ4n) is 2.85. The number of hydrogen-bond donors (Lipinski definition) is 1. The molecule has 5 nitrogen and oxygen atoms in total. The van der Waals surface area contributed by atoms with Crippen LogP contribution < -0.4 is 0 Å². The van der Waals surface area contributed by atoms with E-state index in [1.165, 1.54) is 12.1 Å². The summed E-state index contributed by atoms with van der Waals surface area (Å²) in [7, 11) is 0. The predicted molar refractivity (Wildman–Crippen MR) is 72.0 cm³/mol. The van der Waals surface area contributed by atoms with Crippen LogP contribution in [0, 0.1) is 11.7 Å². The molecule has 1 fully saturated rings. The highest BCUT2D eigenvalue weighted by Crippen LogP contribution is 2.37. The van der Waals surface area contributed by atoms with Gasteiger partial charge in [-0.25, -0.2) is 4.39 Å². The van der Waals surface area contributed by atoms with Crippen molar-refractivity contribution in [3.63, 3.8) is 0 Å². The van der Waals surface area contributed by atoms with Crippen molar-refractivity contribution in [3.05, 3.63) is 36.0 Å². The number of halogens is 1. The molecule has 0 amide bonds. The summed E-state index contributed by atoms with van der Waals surface area (Å²) >= 11 is 0. The number of rotatable bonds is 3. The van der Waals surface area contributed by atoms with E-state index in [1.807, 2.05) is 0 Å². The summed E-state index contributed by atoms with van der Waals surface area (Å²) in [4.78, 5) is 15.6. The number of aliphatic carboxylic acids is 1. The van der Waals surface area contributed by atoms with Gasteiger partial charge < -0.3 is 9.63 Å². The minimum absolute atomic E-state index is 0.258. The number of carbonyl (C=O) groups is 1. The molecule has 1 N–H and O–H groups in total. The Hall–Kier alpha value is -2.24. The minimum atomic E-state index is -0.829. The van der Waals surface area contributed by atoms with Crippen molar-refractivity contribution in [1.29, 1.82) is 0 Å². The quantitative estimate of drug-likeness (QED) is 0.939. The smallest absolute Gasteiger partial charge is 0.307 e. The monoisotopic (exact) mass is 290 g/mol. The zero-order chi connectivity index (χ0) is 14.8. The molecule has 0 bridgehead atoms. The molecule has 21 heavy (non-hydrogen) atoms. The number of hydrogen-bond acceptors (Lipinski definition) is 4. The summed E-state index contributed by atoms with van der Waals surface area (Å²) in [5.41, 5.74) is 0.521. The van der Waals surface area contributed by atoms with Crippen LogP contribution in [0.15, 0.2) is 28.8 Å². The molecule has 0 radical (unpaired) electrons. The molecule has 2 atom stereocenters. The van der Waals surface area contributed by atoms with E-state index in [1.54, 1.807) is 12.1 Å². The average molecular weight is 290 g/mol. The van der Waals surface area contributed by atoms with Crippen molar-refractivity contribution in [2.24, 2.45) is 5.92 Å². The first-order valence-corrected chi connectivity index (χ1v) is 6.97. The standard InChI is InChI=1S/C15H15FN2O3/c16-10-5-3-4-9(8-10)13-17-14(21-18-13)11-6-1-2-7-12(11)15(19)20/h3-5,8,11-12H,1-2,6-7H2,(H,19,20). The summed E-state index contributed by atoms with van der Waals surface area (Å²) in [6.45, 7) is 0. The second-order valence-corrected chi connectivity index (χ2v) is 5.30. The Morgan fingerprint density at radius 3 is 2.90 bits per heavy atom. The third-order valence-corrected chi connectivity index (χ3v) is 3.92. The molecule has 1 aliphatic carbocycles. The maximum atomic E-state index is 13.2. The third-order valence-electron chi connectivity index (χ3n) is 3.92. The van der Waals surface area contributed by atoms with Crippen LogP contribution in [0.25, 0.3) is 11.4 Å². The van der Waals surface area contributed by atoms with Crippen molar-refractivity contribution < 1.29 is 18.8 Å². The number of aromatic nitrogens is 2. The van der Waals surface area contributed by atoms with E-state index < -0.39 is 11.9 Å². The Balaban J connectivity index is 1.88. The molecule has 0 aliphatic heterocycles. The zero-order valence-electron chi connectivity index (χ0n) is 11.3. The molecule has 1 heterocycles. The van der Waals surface area contributed by atoms with Crippen LogP contribution in [0.2, 0.25) is 0 Å². The highest BCUT2D eigenvalue weighted by molar-refractivity contribution is 5.71. The molecule has 2 unspecified atom stereocenters. The van der Waals surface area contributed by atoms with Crippen molar-refractivity contribution in [1.82, 2.24) is 10.1 Å². The van der Waals surface area contributed by atoms with Crippen molar-refractivity contribution in [3.8, 4) is 11.4 Å². The molecule has 3 rings (SSSR count). The van der Waals surface area contributed by atoms with Crippen LogP contribution in [0.4, 0.5) is 4.39 Å². The van der Waals surface area contributed by atoms with Gasteiger partial charge in [0.15, 0.2) is 0 Å². The van der Waals surface area contributed by atoms with Gasteiger partial charge in [-0.1, -0.05) is 30.1 Å². The Labute approximate surface area is 120 Å². The van der Waals surface area contributed by atoms with Gasteiger partial charge in [-0.2, -0.15) is 4.98 Å². The molecule has 6 heteroatoms. The molecule has 1 aromatic heterocycles. The topological polar surface area (TPSA) is 76.2 Å². The zero-order valence-corrected chi connectivity index (χ0v) is 11.3. The van der Waals surface area contributed by atoms with E-state index in [-0.39, 0.29) is 11.7 Å². The molecular formula is C15H15FN2O3. The molecule has 1 saturated carbocycles. The minimum Gasteiger partial charge on any atom is -0.481 e. The molecule has 0 spiro atoms. The van der Waals surface area contributed by atoms with E-state index in [0.29, 0.717) is 23.7 Å². The molecule has 110 valence electrons. The molecule has 0 saturated heterocycles. The first kappa shape index (κ1) is 13.7. The molecular weight excluding hydrogens is 275 g/mol. The number of carboxylic acids is 1. The third kappa shape index (κ3) is 2.79. The van der Waals surface area contributed by atoms with Crippen LogP contribution in [-0.4, -0.2) is 21.2 Å². The van der Waals surface area contributed by atoms with E-state index in [2.05, 4.69) is 10.1 Å². The predicted octanol–water partition coefficient (Wildman–Crippen LogP) is 3.23. The molecule has 2 aromatic rings. The van der Waals surface area contributed by atoms with E-state index in [9.17, 15) is 14.3 Å². The van der Waals surface area contributed by atoms with Crippen LogP contribution in [0.3, 0.4) is 0 Å². The largest absolute Gasteiger partial charge is 0.481 e. The highest BCUT2D eigenvalue weighted by atomic mass is 19.1. The normalized spacial score (nSPS) is 22.1. The van der Waals surface area contributed by atoms with Gasteiger partial charge in [0.2, 0.25) is 11.7 Å². The van der Waals surface area contributed by atoms with Gasteiger partial charge in [-0.05, 0) is 25.0 Å². The first-order valence-electron chi connectivity index (χ1n) is 6.97. The molecule has 1 aromatic carbocycles. The van der Waals surface area contributed by atoms with Gasteiger partial charge in [-0.15, -0.1) is 0 Å². The second kappa shape index (κ2) is 5.63. The van der Waals surface area contributed by atoms with E-state index in [0.717, 1.165) is 19.3 Å². The van der Waals surface area contributed by atoms with E-state index in [4.69, 9.17) is 4.52 Å². The lowest BCUT2D eigenvalue weighted by molar-refractivity contribution is -0.143. The van der Waals surface area contributed by atoms with Crippen LogP contribution in [0.1, 0.15) is 37.5 Å². The summed E-state index contributed by atoms with van der Waals surface area (Å²) in [6.07, 6.45) is 3.20. The number of benzene rings is 1. The average Bonchev–Trinajstić information content (AvgIpc) is 2.97. The fourth-order valence-corrected chi connectivity index (χ4v) is 2.85. The van der Waals surface area contributed by atoms with Gasteiger partial charge in [0.25, 0.3) is 0 Å². The highest BCUT2D eigenvalue weighted by Gasteiger charge is 2.35. The Morgan fingerprint density at radius 2 is 2.14 bits per heavy atom. The van der Waals surface area contributed by atoms with Gasteiger partial charge in [0, 0.05) is 5.56 Å². The number of nitrogens with zero attached hydrogens (tertiary/aromatic N) is 2. The Bertz CT molecular complexity index is 656. The van der Waals surface area contributed by atoms with Crippen LogP contribution >= 0.6 is 0 Å². The van der Waals surface area contributed by atoms with Crippen molar-refractivity contribution >= 4 is 5.97 Å². The van der Waals surface area contributed by atoms with E-state index >= 15 is 0 Å².